The lowest BCUT2D eigenvalue weighted by Crippen LogP contribution is -2.32. The first-order chi connectivity index (χ1) is 14.9. The lowest BCUT2D eigenvalue weighted by atomic mass is 9.82. The van der Waals surface area contributed by atoms with Crippen molar-refractivity contribution in [3.05, 3.63) is 96.6 Å². The van der Waals surface area contributed by atoms with Gasteiger partial charge in [-0.15, -0.1) is 11.5 Å². The van der Waals surface area contributed by atoms with E-state index in [0.29, 0.717) is 26.4 Å². The Kier molecular flexibility index (Phi) is 10.5. The molecule has 0 spiro atoms. The fourth-order valence-electron chi connectivity index (χ4n) is 3.16. The van der Waals surface area contributed by atoms with Crippen LogP contribution in [-0.4, -0.2) is 21.3 Å². The van der Waals surface area contributed by atoms with Crippen LogP contribution in [0.2, 0.25) is 19.6 Å². The molecule has 0 radical (unpaired) electrons. The van der Waals surface area contributed by atoms with Gasteiger partial charge in [0.05, 0.1) is 26.4 Å². The Balaban J connectivity index is 2.13. The Morgan fingerprint density at radius 3 is 1.84 bits per heavy atom. The second kappa shape index (κ2) is 13.1. The van der Waals surface area contributed by atoms with Gasteiger partial charge in [-0.25, -0.2) is 0 Å². The fourth-order valence-corrected chi connectivity index (χ4v) is 3.78. The number of hydrogen-bond donors (Lipinski definition) is 0. The van der Waals surface area contributed by atoms with E-state index in [1.54, 1.807) is 0 Å². The van der Waals surface area contributed by atoms with Gasteiger partial charge in [-0.3, -0.25) is 0 Å². The van der Waals surface area contributed by atoms with Crippen LogP contribution in [0.4, 0.5) is 0 Å². The monoisotopic (exact) mass is 432 g/mol. The summed E-state index contributed by atoms with van der Waals surface area (Å²) in [5.41, 5.74) is 5.67. The van der Waals surface area contributed by atoms with Crippen molar-refractivity contribution >= 4 is 8.07 Å². The van der Waals surface area contributed by atoms with E-state index in [1.165, 1.54) is 11.1 Å². The molecule has 0 N–H and O–H groups in total. The van der Waals surface area contributed by atoms with Gasteiger partial charge in [-0.2, -0.15) is 0 Å². The average Bonchev–Trinajstić information content (AvgIpc) is 2.74. The molecular weight excluding hydrogens is 396 g/mol. The zero-order valence-electron chi connectivity index (χ0n) is 19.3. The molecule has 0 amide bonds. The maximum Gasteiger partial charge on any atom is 0.129 e. The fraction of sp³-hybridized carbons (Fsp3) is 0.357. The number of rotatable bonds is 12. The standard InChI is InChI=1S/C28H36O2Si/c1-5-6-13-19-28(20-14-21-31(2,3)4,24-29-22-26-15-9-7-10-16-26)25-30-23-27-17-11-8-12-18-27/h5-13,15-18H,1,19-20,22-25H2,2-4H3/b13-6-. The third-order valence-electron chi connectivity index (χ3n) is 4.79. The second-order valence-electron chi connectivity index (χ2n) is 9.05. The van der Waals surface area contributed by atoms with Crippen molar-refractivity contribution in [1.29, 1.82) is 0 Å². The van der Waals surface area contributed by atoms with Gasteiger partial charge in [0.25, 0.3) is 0 Å². The molecule has 0 aliphatic rings. The zero-order chi connectivity index (χ0) is 22.4. The van der Waals surface area contributed by atoms with Crippen molar-refractivity contribution in [1.82, 2.24) is 0 Å². The van der Waals surface area contributed by atoms with Gasteiger partial charge in [0.1, 0.15) is 8.07 Å². The number of benzene rings is 2. The molecule has 2 aromatic carbocycles. The molecule has 2 rings (SSSR count). The van der Waals surface area contributed by atoms with Gasteiger partial charge in [0.15, 0.2) is 0 Å². The summed E-state index contributed by atoms with van der Waals surface area (Å²) < 4.78 is 12.4. The van der Waals surface area contributed by atoms with Crippen LogP contribution < -0.4 is 0 Å². The molecule has 0 unspecified atom stereocenters. The van der Waals surface area contributed by atoms with Crippen LogP contribution in [0.1, 0.15) is 24.0 Å². The minimum absolute atomic E-state index is 0.199. The van der Waals surface area contributed by atoms with Crippen LogP contribution in [0.15, 0.2) is 85.5 Å². The maximum absolute atomic E-state index is 6.21. The predicted octanol–water partition coefficient (Wildman–Crippen LogP) is 6.81. The van der Waals surface area contributed by atoms with Crippen LogP contribution in [0, 0.1) is 16.9 Å². The molecule has 0 bridgehead atoms. The van der Waals surface area contributed by atoms with Crippen LogP contribution in [0.5, 0.6) is 0 Å². The van der Waals surface area contributed by atoms with Crippen molar-refractivity contribution in [2.45, 2.75) is 45.7 Å². The van der Waals surface area contributed by atoms with E-state index in [9.17, 15) is 0 Å². The van der Waals surface area contributed by atoms with E-state index in [4.69, 9.17) is 9.47 Å². The molecule has 3 heteroatoms. The lowest BCUT2D eigenvalue weighted by molar-refractivity contribution is -0.0294. The SMILES string of the molecule is C=C/C=C\CC(CC#C[Si](C)(C)C)(COCc1ccccc1)COCc1ccccc1. The highest BCUT2D eigenvalue weighted by molar-refractivity contribution is 6.83. The van der Waals surface area contributed by atoms with Crippen molar-refractivity contribution in [2.24, 2.45) is 5.41 Å². The van der Waals surface area contributed by atoms with E-state index in [1.807, 2.05) is 48.6 Å². The highest BCUT2D eigenvalue weighted by Crippen LogP contribution is 2.29. The Hall–Kier alpha value is -2.38. The van der Waals surface area contributed by atoms with Gasteiger partial charge >= 0.3 is 0 Å². The minimum Gasteiger partial charge on any atom is -0.376 e. The van der Waals surface area contributed by atoms with Crippen LogP contribution in [0.25, 0.3) is 0 Å². The van der Waals surface area contributed by atoms with Crippen LogP contribution >= 0.6 is 0 Å². The van der Waals surface area contributed by atoms with Gasteiger partial charge in [0, 0.05) is 11.8 Å². The Morgan fingerprint density at radius 1 is 0.871 bits per heavy atom. The Bertz CT molecular complexity index is 809. The van der Waals surface area contributed by atoms with Crippen LogP contribution in [-0.2, 0) is 22.7 Å². The van der Waals surface area contributed by atoms with Gasteiger partial charge < -0.3 is 9.47 Å². The molecule has 2 nitrogen and oxygen atoms in total. The second-order valence-corrected chi connectivity index (χ2v) is 13.8. The summed E-state index contributed by atoms with van der Waals surface area (Å²) in [6.07, 6.45) is 7.55. The number of allylic oxidation sites excluding steroid dienone is 3. The van der Waals surface area contributed by atoms with E-state index in [-0.39, 0.29) is 5.41 Å². The minimum atomic E-state index is -1.44. The van der Waals surface area contributed by atoms with Crippen molar-refractivity contribution in [3.63, 3.8) is 0 Å². The molecule has 0 fully saturated rings. The van der Waals surface area contributed by atoms with Crippen molar-refractivity contribution in [3.8, 4) is 11.5 Å². The Morgan fingerprint density at radius 2 is 1.39 bits per heavy atom. The lowest BCUT2D eigenvalue weighted by Gasteiger charge is -2.31. The molecule has 0 atom stereocenters. The molecule has 2 aromatic rings. The summed E-state index contributed by atoms with van der Waals surface area (Å²) in [7, 11) is -1.44. The largest absolute Gasteiger partial charge is 0.376 e. The summed E-state index contributed by atoms with van der Waals surface area (Å²) in [6, 6.07) is 20.6. The van der Waals surface area contributed by atoms with Crippen molar-refractivity contribution in [2.75, 3.05) is 13.2 Å². The highest BCUT2D eigenvalue weighted by Gasteiger charge is 2.29. The van der Waals surface area contributed by atoms with E-state index in [2.05, 4.69) is 68.0 Å². The normalized spacial score (nSPS) is 11.8. The molecule has 164 valence electrons. The first-order valence-corrected chi connectivity index (χ1v) is 14.4. The molecule has 0 heterocycles. The van der Waals surface area contributed by atoms with Gasteiger partial charge in [-0.05, 0) is 17.5 Å². The summed E-state index contributed by atoms with van der Waals surface area (Å²) in [6.45, 7) is 13.0. The molecule has 0 aliphatic carbocycles. The number of ether oxygens (including phenoxy) is 2. The van der Waals surface area contributed by atoms with Crippen molar-refractivity contribution < 1.29 is 9.47 Å². The van der Waals surface area contributed by atoms with E-state index < -0.39 is 8.07 Å². The zero-order valence-corrected chi connectivity index (χ0v) is 20.3. The summed E-state index contributed by atoms with van der Waals surface area (Å²) in [5, 5.41) is 0. The number of hydrogen-bond acceptors (Lipinski definition) is 2. The van der Waals surface area contributed by atoms with Crippen LogP contribution in [0.3, 0.4) is 0 Å². The first-order valence-electron chi connectivity index (χ1n) is 10.9. The highest BCUT2D eigenvalue weighted by atomic mass is 28.3. The quantitative estimate of drug-likeness (QED) is 0.208. The maximum atomic E-state index is 6.21. The predicted molar refractivity (Wildman–Crippen MR) is 134 cm³/mol. The summed E-state index contributed by atoms with van der Waals surface area (Å²) in [5.74, 6) is 3.48. The molecule has 0 saturated carbocycles. The van der Waals surface area contributed by atoms with E-state index >= 15 is 0 Å². The average molecular weight is 433 g/mol. The van der Waals surface area contributed by atoms with E-state index in [0.717, 1.165) is 12.8 Å². The first kappa shape index (κ1) is 24.9. The summed E-state index contributed by atoms with van der Waals surface area (Å²) in [4.78, 5) is 0. The molecule has 31 heavy (non-hydrogen) atoms. The smallest absolute Gasteiger partial charge is 0.129 e. The summed E-state index contributed by atoms with van der Waals surface area (Å²) >= 11 is 0. The van der Waals surface area contributed by atoms with Gasteiger partial charge in [-0.1, -0.05) is 105 Å². The Labute approximate surface area is 190 Å². The molecule has 0 aliphatic heterocycles. The topological polar surface area (TPSA) is 18.5 Å². The third-order valence-corrected chi connectivity index (χ3v) is 5.72. The molecule has 0 saturated heterocycles. The van der Waals surface area contributed by atoms with Gasteiger partial charge in [0.2, 0.25) is 0 Å². The molecular formula is C28H36O2Si. The third kappa shape index (κ3) is 10.5. The molecule has 0 aromatic heterocycles.